The monoisotopic (exact) mass is 309 g/mol. The van der Waals surface area contributed by atoms with Gasteiger partial charge in [-0.05, 0) is 25.6 Å². The Morgan fingerprint density at radius 1 is 1.48 bits per heavy atom. The van der Waals surface area contributed by atoms with Crippen LogP contribution in [0.5, 0.6) is 0 Å². The molecule has 0 fully saturated rings. The molecule has 1 aromatic carbocycles. The highest BCUT2D eigenvalue weighted by molar-refractivity contribution is 6.33. The number of nitrogens with one attached hydrogen (secondary N) is 1. The molecule has 2 aromatic rings. The summed E-state index contributed by atoms with van der Waals surface area (Å²) in [7, 11) is 0. The molecular formula is C14H16ClN3O3. The summed E-state index contributed by atoms with van der Waals surface area (Å²) in [5, 5.41) is 14.6. The van der Waals surface area contributed by atoms with E-state index in [1.807, 2.05) is 6.92 Å². The van der Waals surface area contributed by atoms with Crippen molar-refractivity contribution >= 4 is 17.3 Å². The molecule has 112 valence electrons. The van der Waals surface area contributed by atoms with E-state index in [1.165, 1.54) is 18.3 Å². The summed E-state index contributed by atoms with van der Waals surface area (Å²) in [5.41, 5.74) is 0.187. The summed E-state index contributed by atoms with van der Waals surface area (Å²) in [6, 6.07) is 4.53. The van der Waals surface area contributed by atoms with Gasteiger partial charge in [-0.3, -0.25) is 10.1 Å². The molecule has 1 heterocycles. The first-order valence-electron chi connectivity index (χ1n) is 6.72. The van der Waals surface area contributed by atoms with Crippen LogP contribution in [-0.4, -0.2) is 23.0 Å². The summed E-state index contributed by atoms with van der Waals surface area (Å²) in [6.07, 6.45) is 3.04. The summed E-state index contributed by atoms with van der Waals surface area (Å²) >= 11 is 6.06. The van der Waals surface area contributed by atoms with E-state index in [0.29, 0.717) is 18.1 Å². The van der Waals surface area contributed by atoms with E-state index < -0.39 is 4.92 Å². The Kier molecular flexibility index (Phi) is 5.30. The molecule has 0 radical (unpaired) electrons. The molecule has 21 heavy (non-hydrogen) atoms. The molecule has 1 aromatic heterocycles. The fraction of sp³-hybridized carbons (Fsp3) is 0.357. The van der Waals surface area contributed by atoms with Crippen molar-refractivity contribution in [3.05, 3.63) is 45.4 Å². The van der Waals surface area contributed by atoms with E-state index in [0.717, 1.165) is 19.5 Å². The smallest absolute Gasteiger partial charge is 0.281 e. The number of nitro benzene ring substituents is 1. The number of hydrogen-bond donors (Lipinski definition) is 1. The first-order chi connectivity index (χ1) is 10.1. The van der Waals surface area contributed by atoms with Crippen molar-refractivity contribution in [3.63, 3.8) is 0 Å². The first kappa shape index (κ1) is 15.5. The number of halogens is 1. The van der Waals surface area contributed by atoms with E-state index in [-0.39, 0.29) is 16.3 Å². The van der Waals surface area contributed by atoms with E-state index in [2.05, 4.69) is 10.3 Å². The van der Waals surface area contributed by atoms with Gasteiger partial charge in [0.2, 0.25) is 0 Å². The molecule has 0 saturated carbocycles. The van der Waals surface area contributed by atoms with Gasteiger partial charge in [-0.2, -0.15) is 0 Å². The standard InChI is InChI=1S/C14H16ClN3O3/c1-2-16-8-4-7-13-17-9-12(21-13)14-10(15)5-3-6-11(14)18(19)20/h3,5-6,9,16H,2,4,7-8H2,1H3. The van der Waals surface area contributed by atoms with Gasteiger partial charge in [0.1, 0.15) is 5.56 Å². The molecule has 0 unspecified atom stereocenters. The number of rotatable bonds is 7. The lowest BCUT2D eigenvalue weighted by atomic mass is 10.1. The van der Waals surface area contributed by atoms with Crippen molar-refractivity contribution in [1.82, 2.24) is 10.3 Å². The second-order valence-electron chi connectivity index (χ2n) is 4.47. The van der Waals surface area contributed by atoms with Crippen molar-refractivity contribution in [1.29, 1.82) is 0 Å². The van der Waals surface area contributed by atoms with E-state index in [1.54, 1.807) is 6.07 Å². The molecule has 7 heteroatoms. The quantitative estimate of drug-likeness (QED) is 0.481. The Morgan fingerprint density at radius 2 is 2.29 bits per heavy atom. The van der Waals surface area contributed by atoms with Crippen LogP contribution in [0.4, 0.5) is 5.69 Å². The van der Waals surface area contributed by atoms with Gasteiger partial charge in [0.05, 0.1) is 16.1 Å². The number of nitro groups is 1. The number of aromatic nitrogens is 1. The summed E-state index contributed by atoms with van der Waals surface area (Å²) in [6.45, 7) is 3.84. The maximum Gasteiger partial charge on any atom is 0.281 e. The van der Waals surface area contributed by atoms with Gasteiger partial charge in [-0.15, -0.1) is 0 Å². The molecule has 0 saturated heterocycles. The normalized spacial score (nSPS) is 10.8. The second-order valence-corrected chi connectivity index (χ2v) is 4.87. The van der Waals surface area contributed by atoms with Crippen LogP contribution in [-0.2, 0) is 6.42 Å². The van der Waals surface area contributed by atoms with Gasteiger partial charge in [-0.25, -0.2) is 4.98 Å². The van der Waals surface area contributed by atoms with Crippen LogP contribution in [0.1, 0.15) is 19.2 Å². The highest BCUT2D eigenvalue weighted by atomic mass is 35.5. The molecule has 0 spiro atoms. The van der Waals surface area contributed by atoms with Gasteiger partial charge in [0.25, 0.3) is 5.69 Å². The van der Waals surface area contributed by atoms with E-state index in [4.69, 9.17) is 16.0 Å². The molecule has 0 bridgehead atoms. The first-order valence-corrected chi connectivity index (χ1v) is 7.10. The maximum atomic E-state index is 11.1. The fourth-order valence-corrected chi connectivity index (χ4v) is 2.25. The molecule has 0 aliphatic heterocycles. The largest absolute Gasteiger partial charge is 0.440 e. The van der Waals surface area contributed by atoms with Crippen molar-refractivity contribution in [2.45, 2.75) is 19.8 Å². The van der Waals surface area contributed by atoms with Crippen molar-refractivity contribution in [2.75, 3.05) is 13.1 Å². The lowest BCUT2D eigenvalue weighted by Crippen LogP contribution is -2.14. The van der Waals surface area contributed by atoms with E-state index in [9.17, 15) is 10.1 Å². The zero-order chi connectivity index (χ0) is 15.2. The summed E-state index contributed by atoms with van der Waals surface area (Å²) in [5.74, 6) is 0.878. The molecule has 6 nitrogen and oxygen atoms in total. The van der Waals surface area contributed by atoms with Crippen LogP contribution in [0.2, 0.25) is 5.02 Å². The lowest BCUT2D eigenvalue weighted by Gasteiger charge is -2.02. The van der Waals surface area contributed by atoms with E-state index >= 15 is 0 Å². The van der Waals surface area contributed by atoms with Gasteiger partial charge in [-0.1, -0.05) is 24.6 Å². The number of benzene rings is 1. The molecule has 0 amide bonds. The van der Waals surface area contributed by atoms with Crippen LogP contribution in [0.15, 0.2) is 28.8 Å². The predicted molar refractivity (Wildman–Crippen MR) is 80.5 cm³/mol. The Labute approximate surface area is 127 Å². The number of hydrogen-bond acceptors (Lipinski definition) is 5. The molecule has 0 atom stereocenters. The van der Waals surface area contributed by atoms with Gasteiger partial charge >= 0.3 is 0 Å². The van der Waals surface area contributed by atoms with Crippen LogP contribution in [0, 0.1) is 10.1 Å². The lowest BCUT2D eigenvalue weighted by molar-refractivity contribution is -0.384. The number of oxazole rings is 1. The van der Waals surface area contributed by atoms with Gasteiger partial charge < -0.3 is 9.73 Å². The number of nitrogens with zero attached hydrogens (tertiary/aromatic N) is 2. The summed E-state index contributed by atoms with van der Waals surface area (Å²) in [4.78, 5) is 14.8. The Hall–Kier alpha value is -1.92. The topological polar surface area (TPSA) is 81.2 Å². The Bertz CT molecular complexity index is 628. The summed E-state index contributed by atoms with van der Waals surface area (Å²) < 4.78 is 5.59. The highest BCUT2D eigenvalue weighted by Crippen LogP contribution is 2.36. The molecule has 0 aliphatic rings. The van der Waals surface area contributed by atoms with Crippen molar-refractivity contribution < 1.29 is 9.34 Å². The van der Waals surface area contributed by atoms with Crippen molar-refractivity contribution in [3.8, 4) is 11.3 Å². The fourth-order valence-electron chi connectivity index (χ4n) is 1.99. The van der Waals surface area contributed by atoms with Crippen LogP contribution in [0.3, 0.4) is 0 Å². The third-order valence-corrected chi connectivity index (χ3v) is 3.30. The average molecular weight is 310 g/mol. The molecule has 1 N–H and O–H groups in total. The predicted octanol–water partition coefficient (Wildman–Crippen LogP) is 3.45. The van der Waals surface area contributed by atoms with Crippen LogP contribution >= 0.6 is 11.6 Å². The zero-order valence-electron chi connectivity index (χ0n) is 11.6. The van der Waals surface area contributed by atoms with Crippen molar-refractivity contribution in [2.24, 2.45) is 0 Å². The van der Waals surface area contributed by atoms with Gasteiger partial charge in [0, 0.05) is 12.5 Å². The van der Waals surface area contributed by atoms with Crippen LogP contribution < -0.4 is 5.32 Å². The molecule has 0 aliphatic carbocycles. The Morgan fingerprint density at radius 3 is 3.00 bits per heavy atom. The third-order valence-electron chi connectivity index (χ3n) is 2.98. The Balaban J connectivity index is 2.20. The molecule has 2 rings (SSSR count). The van der Waals surface area contributed by atoms with Gasteiger partial charge in [0.15, 0.2) is 11.7 Å². The SMILES string of the molecule is CCNCCCc1ncc(-c2c(Cl)cccc2[N+](=O)[O-])o1. The number of aryl methyl sites for hydroxylation is 1. The minimum absolute atomic E-state index is 0.0853. The minimum atomic E-state index is -0.478. The maximum absolute atomic E-state index is 11.1. The second kappa shape index (κ2) is 7.19. The molecular weight excluding hydrogens is 294 g/mol. The third kappa shape index (κ3) is 3.80. The minimum Gasteiger partial charge on any atom is -0.440 e. The zero-order valence-corrected chi connectivity index (χ0v) is 12.4. The average Bonchev–Trinajstić information content (AvgIpc) is 2.91. The highest BCUT2D eigenvalue weighted by Gasteiger charge is 2.21. The van der Waals surface area contributed by atoms with Crippen LogP contribution in [0.25, 0.3) is 11.3 Å².